The molecule has 21 heavy (non-hydrogen) atoms. The fourth-order valence-corrected chi connectivity index (χ4v) is 3.04. The predicted molar refractivity (Wildman–Crippen MR) is 91.9 cm³/mol. The Morgan fingerprint density at radius 1 is 0.905 bits per heavy atom. The van der Waals surface area contributed by atoms with E-state index >= 15 is 0 Å². The number of hydrogen-bond acceptors (Lipinski definition) is 1. The first kappa shape index (κ1) is 14.1. The lowest BCUT2D eigenvalue weighted by Gasteiger charge is -2.14. The molecule has 0 amide bonds. The van der Waals surface area contributed by atoms with E-state index in [4.69, 9.17) is 11.6 Å². The van der Waals surface area contributed by atoms with Crippen LogP contribution >= 0.6 is 11.6 Å². The van der Waals surface area contributed by atoms with Crippen LogP contribution in [0, 0.1) is 6.92 Å². The molecule has 0 fully saturated rings. The third-order valence-corrected chi connectivity index (χ3v) is 4.10. The molecule has 0 atom stereocenters. The summed E-state index contributed by atoms with van der Waals surface area (Å²) < 4.78 is 0. The average molecular weight is 296 g/mol. The second-order valence-electron chi connectivity index (χ2n) is 5.31. The van der Waals surface area contributed by atoms with E-state index in [2.05, 4.69) is 54.7 Å². The van der Waals surface area contributed by atoms with Gasteiger partial charge in [-0.15, -0.1) is 0 Å². The Morgan fingerprint density at radius 3 is 2.38 bits per heavy atom. The number of fused-ring (bicyclic) bond motifs is 1. The van der Waals surface area contributed by atoms with Gasteiger partial charge in [0.1, 0.15) is 0 Å². The van der Waals surface area contributed by atoms with E-state index < -0.39 is 0 Å². The summed E-state index contributed by atoms with van der Waals surface area (Å²) in [6.07, 6.45) is 0. The molecule has 0 aliphatic rings. The lowest BCUT2D eigenvalue weighted by atomic mass is 9.93. The molecule has 0 aromatic heterocycles. The Balaban J connectivity index is 2.28. The van der Waals surface area contributed by atoms with Crippen LogP contribution in [-0.2, 0) is 6.54 Å². The minimum atomic E-state index is 0.778. The predicted octanol–water partition coefficient (Wildman–Crippen LogP) is 5.19. The van der Waals surface area contributed by atoms with E-state index in [0.29, 0.717) is 0 Å². The van der Waals surface area contributed by atoms with Gasteiger partial charge < -0.3 is 5.32 Å². The molecule has 0 radical (unpaired) electrons. The highest BCUT2D eigenvalue weighted by Crippen LogP contribution is 2.33. The van der Waals surface area contributed by atoms with Crippen LogP contribution in [0.25, 0.3) is 21.9 Å². The van der Waals surface area contributed by atoms with E-state index in [0.717, 1.165) is 11.6 Å². The summed E-state index contributed by atoms with van der Waals surface area (Å²) in [5.41, 5.74) is 5.03. The van der Waals surface area contributed by atoms with Crippen molar-refractivity contribution in [2.75, 3.05) is 7.05 Å². The van der Waals surface area contributed by atoms with Gasteiger partial charge in [0.05, 0.1) is 0 Å². The van der Waals surface area contributed by atoms with Gasteiger partial charge in [0.2, 0.25) is 0 Å². The maximum Gasteiger partial charge on any atom is 0.0409 e. The van der Waals surface area contributed by atoms with Crippen LogP contribution in [0.4, 0.5) is 0 Å². The highest BCUT2D eigenvalue weighted by Gasteiger charge is 2.10. The van der Waals surface area contributed by atoms with E-state index in [1.807, 2.05) is 19.2 Å². The summed E-state index contributed by atoms with van der Waals surface area (Å²) in [5.74, 6) is 0. The summed E-state index contributed by atoms with van der Waals surface area (Å²) in [5, 5.41) is 6.60. The number of hydrogen-bond donors (Lipinski definition) is 1. The molecule has 0 aliphatic carbocycles. The second-order valence-corrected chi connectivity index (χ2v) is 5.74. The van der Waals surface area contributed by atoms with E-state index in [9.17, 15) is 0 Å². The number of aryl methyl sites for hydroxylation is 1. The standard InChI is InChI=1S/C19H18ClN/c1-13-7-9-19(18-6-4-3-5-16(13)18)17-10-8-15(20)11-14(17)12-21-2/h3-11,21H,12H2,1-2H3. The first-order chi connectivity index (χ1) is 10.2. The first-order valence-corrected chi connectivity index (χ1v) is 7.50. The molecule has 3 rings (SSSR count). The van der Waals surface area contributed by atoms with Crippen molar-refractivity contribution >= 4 is 22.4 Å². The highest BCUT2D eigenvalue weighted by molar-refractivity contribution is 6.30. The molecule has 0 unspecified atom stereocenters. The van der Waals surface area contributed by atoms with Gasteiger partial charge in [-0.05, 0) is 59.1 Å². The van der Waals surface area contributed by atoms with E-state index in [-0.39, 0.29) is 0 Å². The van der Waals surface area contributed by atoms with Crippen molar-refractivity contribution in [3.05, 3.63) is 70.7 Å². The number of benzene rings is 3. The van der Waals surface area contributed by atoms with Gasteiger partial charge in [0.15, 0.2) is 0 Å². The summed E-state index contributed by atoms with van der Waals surface area (Å²) >= 11 is 6.16. The molecule has 0 saturated heterocycles. The second kappa shape index (κ2) is 5.88. The zero-order chi connectivity index (χ0) is 14.8. The number of rotatable bonds is 3. The van der Waals surface area contributed by atoms with Crippen LogP contribution in [0.15, 0.2) is 54.6 Å². The number of nitrogens with one attached hydrogen (secondary N) is 1. The minimum Gasteiger partial charge on any atom is -0.316 e. The molecule has 0 saturated carbocycles. The normalized spacial score (nSPS) is 11.0. The van der Waals surface area contributed by atoms with Gasteiger partial charge in [-0.1, -0.05) is 54.1 Å². The molecule has 106 valence electrons. The summed E-state index contributed by atoms with van der Waals surface area (Å²) in [6.45, 7) is 2.96. The van der Waals surface area contributed by atoms with Crippen LogP contribution in [-0.4, -0.2) is 7.05 Å². The summed E-state index contributed by atoms with van der Waals surface area (Å²) in [7, 11) is 1.96. The van der Waals surface area contributed by atoms with Crippen LogP contribution in [0.3, 0.4) is 0 Å². The smallest absolute Gasteiger partial charge is 0.0409 e. The zero-order valence-corrected chi connectivity index (χ0v) is 13.0. The summed E-state index contributed by atoms with van der Waals surface area (Å²) in [6, 6.07) is 19.1. The van der Waals surface area contributed by atoms with Crippen molar-refractivity contribution in [1.82, 2.24) is 5.32 Å². The van der Waals surface area contributed by atoms with Crippen LogP contribution in [0.5, 0.6) is 0 Å². The van der Waals surface area contributed by atoms with Crippen LogP contribution in [0.1, 0.15) is 11.1 Å². The maximum atomic E-state index is 6.16. The van der Waals surface area contributed by atoms with Gasteiger partial charge in [0.25, 0.3) is 0 Å². The van der Waals surface area contributed by atoms with Gasteiger partial charge in [-0.3, -0.25) is 0 Å². The highest BCUT2D eigenvalue weighted by atomic mass is 35.5. The van der Waals surface area contributed by atoms with Crippen LogP contribution < -0.4 is 5.32 Å². The van der Waals surface area contributed by atoms with E-state index in [1.165, 1.54) is 33.0 Å². The molecular weight excluding hydrogens is 278 g/mol. The van der Waals surface area contributed by atoms with Crippen molar-refractivity contribution in [2.45, 2.75) is 13.5 Å². The van der Waals surface area contributed by atoms with Crippen molar-refractivity contribution in [1.29, 1.82) is 0 Å². The Morgan fingerprint density at radius 2 is 1.62 bits per heavy atom. The first-order valence-electron chi connectivity index (χ1n) is 7.12. The van der Waals surface area contributed by atoms with Gasteiger partial charge in [-0.2, -0.15) is 0 Å². The fraction of sp³-hybridized carbons (Fsp3) is 0.158. The Kier molecular flexibility index (Phi) is 3.96. The van der Waals surface area contributed by atoms with Crippen molar-refractivity contribution in [3.8, 4) is 11.1 Å². The van der Waals surface area contributed by atoms with Crippen molar-refractivity contribution in [2.24, 2.45) is 0 Å². The average Bonchev–Trinajstić information content (AvgIpc) is 2.49. The third kappa shape index (κ3) is 2.67. The Bertz CT molecular complexity index is 793. The summed E-state index contributed by atoms with van der Waals surface area (Å²) in [4.78, 5) is 0. The number of halogens is 1. The molecule has 0 heterocycles. The maximum absolute atomic E-state index is 6.16. The Labute approximate surface area is 130 Å². The molecule has 3 aromatic carbocycles. The van der Waals surface area contributed by atoms with Gasteiger partial charge in [0, 0.05) is 11.6 Å². The van der Waals surface area contributed by atoms with Gasteiger partial charge >= 0.3 is 0 Å². The van der Waals surface area contributed by atoms with Crippen molar-refractivity contribution < 1.29 is 0 Å². The topological polar surface area (TPSA) is 12.0 Å². The SMILES string of the molecule is CNCc1cc(Cl)ccc1-c1ccc(C)c2ccccc12. The monoisotopic (exact) mass is 295 g/mol. The molecule has 0 bridgehead atoms. The largest absolute Gasteiger partial charge is 0.316 e. The van der Waals surface area contributed by atoms with E-state index in [1.54, 1.807) is 0 Å². The van der Waals surface area contributed by atoms with Crippen LogP contribution in [0.2, 0.25) is 5.02 Å². The third-order valence-electron chi connectivity index (χ3n) is 3.87. The van der Waals surface area contributed by atoms with Crippen molar-refractivity contribution in [3.63, 3.8) is 0 Å². The molecule has 2 heteroatoms. The lowest BCUT2D eigenvalue weighted by molar-refractivity contribution is 0.819. The minimum absolute atomic E-state index is 0.778. The quantitative estimate of drug-likeness (QED) is 0.701. The molecule has 1 N–H and O–H groups in total. The molecule has 0 spiro atoms. The lowest BCUT2D eigenvalue weighted by Crippen LogP contribution is -2.06. The van der Waals surface area contributed by atoms with Gasteiger partial charge in [-0.25, -0.2) is 0 Å². The molecule has 0 aliphatic heterocycles. The Hall–Kier alpha value is -1.83. The molecule has 3 aromatic rings. The zero-order valence-electron chi connectivity index (χ0n) is 12.3. The fourth-order valence-electron chi connectivity index (χ4n) is 2.85. The molecular formula is C19H18ClN. The molecule has 1 nitrogen and oxygen atoms in total.